The molecule has 0 aromatic carbocycles. The molecule has 4 fully saturated rings. The summed E-state index contributed by atoms with van der Waals surface area (Å²) in [6.07, 6.45) is 8.18. The van der Waals surface area contributed by atoms with Crippen molar-refractivity contribution in [1.82, 2.24) is 0 Å². The van der Waals surface area contributed by atoms with E-state index in [-0.39, 0.29) is 11.6 Å². The number of carbonyl (C=O) groups excluding carboxylic acids is 1. The van der Waals surface area contributed by atoms with Crippen LogP contribution in [0.3, 0.4) is 0 Å². The van der Waals surface area contributed by atoms with E-state index in [1.165, 1.54) is 32.1 Å². The Balaban J connectivity index is 1.69. The highest BCUT2D eigenvalue weighted by Crippen LogP contribution is 2.61. The average molecular weight is 280 g/mol. The molecule has 0 heterocycles. The first-order valence-electron chi connectivity index (χ1n) is 8.46. The minimum Gasteiger partial charge on any atom is -0.466 e. The Morgan fingerprint density at radius 1 is 1.10 bits per heavy atom. The monoisotopic (exact) mass is 280 g/mol. The lowest BCUT2D eigenvalue weighted by atomic mass is 9.49. The zero-order valence-corrected chi connectivity index (χ0v) is 12.9. The van der Waals surface area contributed by atoms with Crippen LogP contribution in [0.25, 0.3) is 0 Å². The lowest BCUT2D eigenvalue weighted by Crippen LogP contribution is -2.58. The van der Waals surface area contributed by atoms with Gasteiger partial charge in [0.2, 0.25) is 0 Å². The first-order valence-corrected chi connectivity index (χ1v) is 8.46. The Hall–Kier alpha value is -0.570. The minimum absolute atomic E-state index is 0.0343. The van der Waals surface area contributed by atoms with E-state index in [0.717, 1.165) is 30.8 Å². The molecule has 0 aromatic heterocycles. The van der Waals surface area contributed by atoms with Gasteiger partial charge in [-0.3, -0.25) is 4.79 Å². The molecular weight excluding hydrogens is 252 g/mol. The first kappa shape index (κ1) is 14.4. The summed E-state index contributed by atoms with van der Waals surface area (Å²) in [7, 11) is 0. The third kappa shape index (κ3) is 2.49. The fourth-order valence-electron chi connectivity index (χ4n) is 5.59. The average Bonchev–Trinajstić information content (AvgIpc) is 2.37. The van der Waals surface area contributed by atoms with Crippen molar-refractivity contribution < 1.29 is 14.3 Å². The molecule has 114 valence electrons. The number of rotatable bonds is 6. The third-order valence-corrected chi connectivity index (χ3v) is 5.85. The maximum atomic E-state index is 11.7. The number of hydrogen-bond acceptors (Lipinski definition) is 3. The zero-order valence-electron chi connectivity index (χ0n) is 12.9. The Labute approximate surface area is 122 Å². The molecule has 4 aliphatic carbocycles. The third-order valence-electron chi connectivity index (χ3n) is 5.85. The summed E-state index contributed by atoms with van der Waals surface area (Å²) in [5.41, 5.74) is 0.0932. The van der Waals surface area contributed by atoms with Crippen molar-refractivity contribution in [3.8, 4) is 0 Å². The standard InChI is InChI=1S/C17H28O3/c1-3-19-16(18)6-5-15-14-8-12-7-13(9-14)11-17(15,10-12)20-4-2/h12-15H,3-11H2,1-2H3. The second kappa shape index (κ2) is 5.67. The highest BCUT2D eigenvalue weighted by molar-refractivity contribution is 5.69. The van der Waals surface area contributed by atoms with Crippen molar-refractivity contribution in [2.45, 2.75) is 64.4 Å². The molecule has 4 bridgehead atoms. The maximum Gasteiger partial charge on any atom is 0.305 e. The van der Waals surface area contributed by atoms with Crippen molar-refractivity contribution in [1.29, 1.82) is 0 Å². The number of carbonyl (C=O) groups is 1. The number of esters is 1. The molecular formula is C17H28O3. The van der Waals surface area contributed by atoms with Crippen LogP contribution in [0, 0.1) is 23.7 Å². The van der Waals surface area contributed by atoms with Crippen LogP contribution in [0.5, 0.6) is 0 Å². The molecule has 0 aromatic rings. The summed E-state index contributed by atoms with van der Waals surface area (Å²) in [6.45, 7) is 5.29. The SMILES string of the molecule is CCOC(=O)CCC1C2CC3CC(C2)CC1(OCC)C3. The van der Waals surface area contributed by atoms with Crippen LogP contribution in [0.2, 0.25) is 0 Å². The van der Waals surface area contributed by atoms with Gasteiger partial charge in [-0.2, -0.15) is 0 Å². The van der Waals surface area contributed by atoms with Gasteiger partial charge in [-0.05, 0) is 76.0 Å². The van der Waals surface area contributed by atoms with Gasteiger partial charge in [-0.15, -0.1) is 0 Å². The molecule has 4 saturated carbocycles. The quantitative estimate of drug-likeness (QED) is 0.698. The van der Waals surface area contributed by atoms with Crippen LogP contribution in [0.4, 0.5) is 0 Å². The van der Waals surface area contributed by atoms with Gasteiger partial charge in [0.05, 0.1) is 12.2 Å². The summed E-state index contributed by atoms with van der Waals surface area (Å²) >= 11 is 0. The molecule has 3 heteroatoms. The van der Waals surface area contributed by atoms with E-state index in [2.05, 4.69) is 6.92 Å². The highest BCUT2D eigenvalue weighted by Gasteiger charge is 2.57. The molecule has 4 rings (SSSR count). The van der Waals surface area contributed by atoms with Crippen LogP contribution in [0.1, 0.15) is 58.8 Å². The molecule has 0 N–H and O–H groups in total. The second-order valence-corrected chi connectivity index (χ2v) is 7.06. The van der Waals surface area contributed by atoms with Gasteiger partial charge >= 0.3 is 5.97 Å². The van der Waals surface area contributed by atoms with E-state index in [1.54, 1.807) is 0 Å². The normalized spacial score (nSPS) is 41.9. The molecule has 4 aliphatic rings. The van der Waals surface area contributed by atoms with Crippen LogP contribution in [-0.4, -0.2) is 24.8 Å². The Kier molecular flexibility index (Phi) is 4.07. The predicted octanol–water partition coefficient (Wildman–Crippen LogP) is 3.56. The smallest absolute Gasteiger partial charge is 0.305 e. The summed E-state index contributed by atoms with van der Waals surface area (Å²) in [6, 6.07) is 0. The molecule has 0 radical (unpaired) electrons. The van der Waals surface area contributed by atoms with Crippen LogP contribution < -0.4 is 0 Å². The fourth-order valence-corrected chi connectivity index (χ4v) is 5.59. The van der Waals surface area contributed by atoms with Crippen molar-refractivity contribution in [3.63, 3.8) is 0 Å². The van der Waals surface area contributed by atoms with Crippen molar-refractivity contribution >= 4 is 5.97 Å². The van der Waals surface area contributed by atoms with Gasteiger partial charge < -0.3 is 9.47 Å². The van der Waals surface area contributed by atoms with Gasteiger partial charge in [-0.25, -0.2) is 0 Å². The predicted molar refractivity (Wildman–Crippen MR) is 77.3 cm³/mol. The highest BCUT2D eigenvalue weighted by atomic mass is 16.5. The molecule has 0 saturated heterocycles. The van der Waals surface area contributed by atoms with E-state index in [9.17, 15) is 4.79 Å². The summed E-state index contributed by atoms with van der Waals surface area (Å²) in [4.78, 5) is 11.7. The molecule has 0 spiro atoms. The van der Waals surface area contributed by atoms with Gasteiger partial charge in [0.15, 0.2) is 0 Å². The zero-order chi connectivity index (χ0) is 14.2. The van der Waals surface area contributed by atoms with E-state index in [4.69, 9.17) is 9.47 Å². The number of ether oxygens (including phenoxy) is 2. The molecule has 3 atom stereocenters. The largest absolute Gasteiger partial charge is 0.466 e. The summed E-state index contributed by atoms with van der Waals surface area (Å²) < 4.78 is 11.4. The van der Waals surface area contributed by atoms with E-state index >= 15 is 0 Å². The van der Waals surface area contributed by atoms with Gasteiger partial charge in [0.1, 0.15) is 0 Å². The number of hydrogen-bond donors (Lipinski definition) is 0. The fraction of sp³-hybridized carbons (Fsp3) is 0.941. The van der Waals surface area contributed by atoms with Crippen LogP contribution in [-0.2, 0) is 14.3 Å². The van der Waals surface area contributed by atoms with E-state index < -0.39 is 0 Å². The van der Waals surface area contributed by atoms with Crippen LogP contribution in [0.15, 0.2) is 0 Å². The molecule has 0 amide bonds. The molecule has 0 aliphatic heterocycles. The van der Waals surface area contributed by atoms with Crippen molar-refractivity contribution in [2.24, 2.45) is 23.7 Å². The van der Waals surface area contributed by atoms with Crippen molar-refractivity contribution in [3.05, 3.63) is 0 Å². The van der Waals surface area contributed by atoms with Gasteiger partial charge in [0, 0.05) is 13.0 Å². The second-order valence-electron chi connectivity index (χ2n) is 7.06. The van der Waals surface area contributed by atoms with E-state index in [0.29, 0.717) is 18.9 Å². The van der Waals surface area contributed by atoms with Crippen molar-refractivity contribution in [2.75, 3.05) is 13.2 Å². The summed E-state index contributed by atoms with van der Waals surface area (Å²) in [5.74, 6) is 3.12. The molecule has 3 unspecified atom stereocenters. The van der Waals surface area contributed by atoms with Gasteiger partial charge in [0.25, 0.3) is 0 Å². The molecule has 3 nitrogen and oxygen atoms in total. The summed E-state index contributed by atoms with van der Waals surface area (Å²) in [5, 5.41) is 0. The lowest BCUT2D eigenvalue weighted by molar-refractivity contribution is -0.203. The maximum absolute atomic E-state index is 11.7. The first-order chi connectivity index (χ1) is 9.66. The van der Waals surface area contributed by atoms with Gasteiger partial charge in [-0.1, -0.05) is 0 Å². The minimum atomic E-state index is -0.0343. The van der Waals surface area contributed by atoms with Crippen LogP contribution >= 0.6 is 0 Å². The Morgan fingerprint density at radius 2 is 1.80 bits per heavy atom. The van der Waals surface area contributed by atoms with E-state index in [1.807, 2.05) is 6.92 Å². The lowest BCUT2D eigenvalue weighted by Gasteiger charge is -2.61. The Morgan fingerprint density at radius 3 is 2.40 bits per heavy atom. The Bertz CT molecular complexity index is 351. The molecule has 20 heavy (non-hydrogen) atoms. The topological polar surface area (TPSA) is 35.5 Å².